The molecule has 0 unspecified atom stereocenters. The second-order valence-corrected chi connectivity index (χ2v) is 23.9. The van der Waals surface area contributed by atoms with E-state index in [4.69, 9.17) is 16.1 Å². The number of fused-ring (bicyclic) bond motifs is 2. The van der Waals surface area contributed by atoms with Gasteiger partial charge in [-0.25, -0.2) is 0 Å². The number of pyridine rings is 2. The number of amidine groups is 1. The highest BCUT2D eigenvalue weighted by atomic mass is 32.2. The fourth-order valence-electron chi connectivity index (χ4n) is 12.3. The molecule has 6 aromatic carbocycles. The van der Waals surface area contributed by atoms with Crippen LogP contribution in [0.15, 0.2) is 183 Å². The first kappa shape index (κ1) is 53.3. The molecule has 80 heavy (non-hydrogen) atoms. The standard InChI is InChI=1S/C69H73N9S2/c70-54(28-6-1-2-17-42-73-64-46-52(48-66-75-44-22-26-50-24-20-38-61(79-66)68(50)75)57-34-12-14-36-59(57)77(64)55-30-7-3-8-31-55)29-11-16-40-63(71)72-41-18-5-19-43-74-65-47-53(49-67-76-45-23-27-51-25-21-39-62(80-67)69(51)76)58-35-13-15-37-60(58)78(65)56-32-9-4-10-33-56/h3-4,7-10,12-15,20-21,24-25,30-39,46-49,70H,1-2,5-6,11,16-19,22-23,26-29,40-45H2,(H2,71,72)/p+2. The molecule has 0 atom stereocenters. The van der Waals surface area contributed by atoms with E-state index in [0.717, 1.165) is 157 Å². The second kappa shape index (κ2) is 25.4. The van der Waals surface area contributed by atoms with Crippen LogP contribution in [0.1, 0.15) is 112 Å². The van der Waals surface area contributed by atoms with E-state index in [1.54, 1.807) is 0 Å². The van der Waals surface area contributed by atoms with Gasteiger partial charge in [-0.05, 0) is 173 Å². The predicted octanol–water partition coefficient (Wildman–Crippen LogP) is 15.8. The number of unbranched alkanes of at least 4 members (excludes halogenated alkanes) is 6. The maximum absolute atomic E-state index is 8.69. The van der Waals surface area contributed by atoms with Gasteiger partial charge in [-0.3, -0.25) is 15.6 Å². The molecule has 9 nitrogen and oxygen atoms in total. The Balaban J connectivity index is 0.574. The zero-order valence-electron chi connectivity index (χ0n) is 46.1. The maximum Gasteiger partial charge on any atom is 0.280 e. The lowest BCUT2D eigenvalue weighted by Crippen LogP contribution is -2.36. The molecule has 8 aromatic rings. The number of nitrogens with one attached hydrogen (secondary N) is 3. The van der Waals surface area contributed by atoms with Gasteiger partial charge < -0.3 is 20.9 Å². The van der Waals surface area contributed by atoms with E-state index in [-0.39, 0.29) is 0 Å². The summed E-state index contributed by atoms with van der Waals surface area (Å²) in [7, 11) is 0. The normalized spacial score (nSPS) is 15.5. The van der Waals surface area contributed by atoms with Crippen LogP contribution < -0.4 is 35.3 Å². The van der Waals surface area contributed by atoms with Gasteiger partial charge >= 0.3 is 0 Å². The largest absolute Gasteiger partial charge is 0.387 e. The van der Waals surface area contributed by atoms with Crippen molar-refractivity contribution in [1.82, 2.24) is 0 Å². The third-order valence-electron chi connectivity index (χ3n) is 16.2. The van der Waals surface area contributed by atoms with Crippen LogP contribution in [0.3, 0.4) is 0 Å². The molecule has 0 fully saturated rings. The van der Waals surface area contributed by atoms with E-state index >= 15 is 0 Å². The van der Waals surface area contributed by atoms with Crippen LogP contribution in [0.25, 0.3) is 45.3 Å². The van der Waals surface area contributed by atoms with E-state index in [9.17, 15) is 0 Å². The van der Waals surface area contributed by atoms with Gasteiger partial charge in [-0.15, -0.1) is 0 Å². The maximum atomic E-state index is 8.69. The summed E-state index contributed by atoms with van der Waals surface area (Å²) in [6.07, 6.45) is 21.6. The van der Waals surface area contributed by atoms with Crippen molar-refractivity contribution in [3.05, 3.63) is 190 Å². The summed E-state index contributed by atoms with van der Waals surface area (Å²) >= 11 is 3.81. The van der Waals surface area contributed by atoms with Crippen molar-refractivity contribution in [3.63, 3.8) is 0 Å². The molecule has 0 bridgehead atoms. The van der Waals surface area contributed by atoms with Crippen molar-refractivity contribution in [1.29, 1.82) is 5.41 Å². The quantitative estimate of drug-likeness (QED) is 0.0207. The minimum Gasteiger partial charge on any atom is -0.387 e. The number of thioether (sulfide) groups is 2. The summed E-state index contributed by atoms with van der Waals surface area (Å²) in [6.45, 7) is 4.65. The number of hydrogen-bond acceptors (Lipinski definition) is 8. The Morgan fingerprint density at radius 1 is 0.525 bits per heavy atom. The summed E-state index contributed by atoms with van der Waals surface area (Å²) in [6, 6.07) is 57.4. The van der Waals surface area contributed by atoms with Crippen molar-refractivity contribution in [2.75, 3.05) is 53.2 Å². The monoisotopic (exact) mass is 1090 g/mol. The number of rotatable bonds is 24. The molecule has 0 spiro atoms. The molecular weight excluding hydrogens is 1020 g/mol. The van der Waals surface area contributed by atoms with Crippen molar-refractivity contribution < 1.29 is 9.13 Å². The molecule has 4 aliphatic rings. The lowest BCUT2D eigenvalue weighted by Gasteiger charge is -2.27. The molecule has 406 valence electrons. The van der Waals surface area contributed by atoms with Gasteiger partial charge in [-0.2, -0.15) is 9.13 Å². The summed E-state index contributed by atoms with van der Waals surface area (Å²) in [5.74, 6) is 2.96. The SMILES string of the molecule is N=C(CCCCCCNc1cc(C=C2Sc3cccc4c3N2CCC4)c2ccccc2[n+]1-c1ccccc1)CCCCC(N)=NCCCCCNc1cc(C=C2Sc3cccc4c3N2CCC4)c2ccccc2[n+]1-c1ccccc1. The van der Waals surface area contributed by atoms with Crippen LogP contribution in [0, 0.1) is 5.41 Å². The molecule has 12 rings (SSSR count). The van der Waals surface area contributed by atoms with Gasteiger partial charge in [0.25, 0.3) is 11.6 Å². The Hall–Kier alpha value is -7.34. The Labute approximate surface area is 481 Å². The molecule has 0 amide bonds. The number of anilines is 4. The van der Waals surface area contributed by atoms with Crippen LogP contribution in [0.2, 0.25) is 0 Å². The molecule has 0 saturated carbocycles. The molecule has 2 aromatic heterocycles. The van der Waals surface area contributed by atoms with Crippen molar-refractivity contribution in [3.8, 4) is 11.4 Å². The first-order valence-electron chi connectivity index (χ1n) is 29.5. The highest BCUT2D eigenvalue weighted by Crippen LogP contribution is 2.52. The van der Waals surface area contributed by atoms with Crippen molar-refractivity contribution in [2.24, 2.45) is 10.7 Å². The van der Waals surface area contributed by atoms with Crippen LogP contribution in [-0.2, 0) is 12.8 Å². The second-order valence-electron chi connectivity index (χ2n) is 21.8. The molecular formula is C69H75N9S2+2. The van der Waals surface area contributed by atoms with Crippen LogP contribution in [0.5, 0.6) is 0 Å². The summed E-state index contributed by atoms with van der Waals surface area (Å²) in [5.41, 5.74) is 20.2. The zero-order chi connectivity index (χ0) is 54.0. The molecule has 0 radical (unpaired) electrons. The summed E-state index contributed by atoms with van der Waals surface area (Å²) in [5, 5.41) is 21.5. The van der Waals surface area contributed by atoms with E-state index in [2.05, 4.69) is 199 Å². The minimum absolute atomic E-state index is 0.750. The topological polar surface area (TPSA) is 101 Å². The Kier molecular flexibility index (Phi) is 16.9. The lowest BCUT2D eigenvalue weighted by atomic mass is 10.0. The van der Waals surface area contributed by atoms with Crippen LogP contribution in [0.4, 0.5) is 23.0 Å². The van der Waals surface area contributed by atoms with Crippen molar-refractivity contribution >= 4 is 92.0 Å². The van der Waals surface area contributed by atoms with Gasteiger partial charge in [-0.1, -0.05) is 127 Å². The number of para-hydroxylation sites is 6. The van der Waals surface area contributed by atoms with Gasteiger partial charge in [0.05, 0.1) is 40.4 Å². The zero-order valence-corrected chi connectivity index (χ0v) is 47.8. The predicted molar refractivity (Wildman–Crippen MR) is 339 cm³/mol. The van der Waals surface area contributed by atoms with Gasteiger partial charge in [0.1, 0.15) is 22.4 Å². The van der Waals surface area contributed by atoms with Gasteiger partial charge in [0, 0.05) is 64.5 Å². The molecule has 6 heterocycles. The summed E-state index contributed by atoms with van der Waals surface area (Å²) in [4.78, 5) is 12.6. The van der Waals surface area contributed by atoms with Crippen molar-refractivity contribution in [2.45, 2.75) is 113 Å². The number of nitrogens with zero attached hydrogens (tertiary/aromatic N) is 5. The fourth-order valence-corrected chi connectivity index (χ4v) is 14.6. The Bertz CT molecular complexity index is 3610. The van der Waals surface area contributed by atoms with E-state index < -0.39 is 0 Å². The first-order chi connectivity index (χ1) is 39.5. The summed E-state index contributed by atoms with van der Waals surface area (Å²) < 4.78 is 4.75. The molecule has 4 aliphatic heterocycles. The van der Waals surface area contributed by atoms with Gasteiger partial charge in [0.2, 0.25) is 0 Å². The first-order valence-corrected chi connectivity index (χ1v) is 31.1. The number of benzene rings is 6. The minimum atomic E-state index is 0.750. The average molecular weight is 1090 g/mol. The molecule has 0 aliphatic carbocycles. The molecule has 0 saturated heterocycles. The van der Waals surface area contributed by atoms with Crippen LogP contribution in [-0.4, -0.2) is 44.3 Å². The van der Waals surface area contributed by atoms with E-state index in [1.807, 2.05) is 23.5 Å². The van der Waals surface area contributed by atoms with E-state index in [1.165, 1.54) is 88.1 Å². The number of nitrogens with two attached hydrogens (primary N) is 1. The molecule has 5 N–H and O–H groups in total. The number of hydrogen-bond donors (Lipinski definition) is 4. The van der Waals surface area contributed by atoms with E-state index in [0.29, 0.717) is 0 Å². The van der Waals surface area contributed by atoms with Crippen LogP contribution >= 0.6 is 23.5 Å². The Morgan fingerprint density at radius 2 is 0.988 bits per heavy atom. The Morgan fingerprint density at radius 3 is 1.52 bits per heavy atom. The van der Waals surface area contributed by atoms with Gasteiger partial charge in [0.15, 0.2) is 0 Å². The number of aryl methyl sites for hydroxylation is 2. The highest BCUT2D eigenvalue weighted by molar-refractivity contribution is 8.04. The third-order valence-corrected chi connectivity index (χ3v) is 18.4. The smallest absolute Gasteiger partial charge is 0.280 e. The fraction of sp³-hybridized carbons (Fsp3) is 0.304. The third kappa shape index (κ3) is 11.9. The lowest BCUT2D eigenvalue weighted by molar-refractivity contribution is -0.552. The highest BCUT2D eigenvalue weighted by Gasteiger charge is 2.32. The molecule has 11 heteroatoms. The number of aliphatic imine (C=N–C) groups is 1. The average Bonchev–Trinajstić information content (AvgIpc) is 4.07. The number of aromatic nitrogens is 2.